The molecule has 0 saturated carbocycles. The van der Waals surface area contributed by atoms with E-state index in [9.17, 15) is 9.59 Å². The molecule has 16 heavy (non-hydrogen) atoms. The van der Waals surface area contributed by atoms with E-state index in [2.05, 4.69) is 4.74 Å². The molecule has 0 bridgehead atoms. The van der Waals surface area contributed by atoms with E-state index in [1.54, 1.807) is 17.8 Å². The molecule has 0 amide bonds. The van der Waals surface area contributed by atoms with Gasteiger partial charge in [-0.15, -0.1) is 11.8 Å². The average molecular weight is 236 g/mol. The Kier molecular flexibility index (Phi) is 3.01. The summed E-state index contributed by atoms with van der Waals surface area (Å²) in [5, 5.41) is -0.0742. The number of hydrogen-bond acceptors (Lipinski definition) is 4. The van der Waals surface area contributed by atoms with Crippen LogP contribution in [0, 0.1) is 5.92 Å². The molecule has 1 aromatic carbocycles. The van der Waals surface area contributed by atoms with Crippen LogP contribution in [0.2, 0.25) is 0 Å². The summed E-state index contributed by atoms with van der Waals surface area (Å²) in [4.78, 5) is 24.6. The van der Waals surface area contributed by atoms with Gasteiger partial charge in [-0.05, 0) is 6.07 Å². The summed E-state index contributed by atoms with van der Waals surface area (Å²) in [7, 11) is 1.31. The quantitative estimate of drug-likeness (QED) is 0.553. The van der Waals surface area contributed by atoms with E-state index in [-0.39, 0.29) is 11.0 Å². The van der Waals surface area contributed by atoms with Gasteiger partial charge in [0.2, 0.25) is 0 Å². The summed E-state index contributed by atoms with van der Waals surface area (Å²) in [6, 6.07) is 7.36. The zero-order chi connectivity index (χ0) is 11.7. The Hall–Kier alpha value is -1.29. The smallest absolute Gasteiger partial charge is 0.317 e. The first-order chi connectivity index (χ1) is 7.65. The molecule has 1 heterocycles. The van der Waals surface area contributed by atoms with Gasteiger partial charge >= 0.3 is 5.97 Å². The van der Waals surface area contributed by atoms with Crippen LogP contribution in [-0.2, 0) is 9.53 Å². The maximum Gasteiger partial charge on any atom is 0.317 e. The number of rotatable bonds is 1. The van der Waals surface area contributed by atoms with Crippen molar-refractivity contribution >= 4 is 23.5 Å². The highest BCUT2D eigenvalue weighted by molar-refractivity contribution is 8.00. The summed E-state index contributed by atoms with van der Waals surface area (Å²) in [6.45, 7) is 1.88. The van der Waals surface area contributed by atoms with Gasteiger partial charge < -0.3 is 4.74 Å². The molecule has 0 aliphatic carbocycles. The molecule has 84 valence electrons. The lowest BCUT2D eigenvalue weighted by Gasteiger charge is -2.26. The SMILES string of the molecule is COC(=O)C1C(=O)c2ccccc2SC1C. The maximum atomic E-state index is 12.1. The number of carbonyl (C=O) groups excluding carboxylic acids is 2. The van der Waals surface area contributed by atoms with Crippen LogP contribution in [0.1, 0.15) is 17.3 Å². The Balaban J connectivity index is 2.42. The highest BCUT2D eigenvalue weighted by Crippen LogP contribution is 2.38. The Morgan fingerprint density at radius 1 is 1.38 bits per heavy atom. The van der Waals surface area contributed by atoms with Gasteiger partial charge in [-0.25, -0.2) is 0 Å². The number of carbonyl (C=O) groups is 2. The zero-order valence-electron chi connectivity index (χ0n) is 9.10. The number of esters is 1. The third kappa shape index (κ3) is 1.73. The second kappa shape index (κ2) is 4.29. The number of benzene rings is 1. The van der Waals surface area contributed by atoms with Crippen molar-refractivity contribution in [2.24, 2.45) is 5.92 Å². The number of Topliss-reactive ketones (excluding diaryl/α,β-unsaturated/α-hetero) is 1. The largest absolute Gasteiger partial charge is 0.468 e. The van der Waals surface area contributed by atoms with Crippen molar-refractivity contribution in [1.29, 1.82) is 0 Å². The monoisotopic (exact) mass is 236 g/mol. The molecular weight excluding hydrogens is 224 g/mol. The first-order valence-electron chi connectivity index (χ1n) is 5.03. The predicted octanol–water partition coefficient (Wildman–Crippen LogP) is 2.15. The molecule has 1 aliphatic rings. The molecule has 2 atom stereocenters. The minimum Gasteiger partial charge on any atom is -0.468 e. The Morgan fingerprint density at radius 3 is 2.75 bits per heavy atom. The van der Waals surface area contributed by atoms with Crippen LogP contribution in [-0.4, -0.2) is 24.1 Å². The van der Waals surface area contributed by atoms with Crippen LogP contribution >= 0.6 is 11.8 Å². The van der Waals surface area contributed by atoms with Crippen molar-refractivity contribution in [1.82, 2.24) is 0 Å². The fourth-order valence-corrected chi connectivity index (χ4v) is 3.07. The van der Waals surface area contributed by atoms with Gasteiger partial charge in [0, 0.05) is 15.7 Å². The normalized spacial score (nSPS) is 23.8. The third-order valence-corrected chi connectivity index (χ3v) is 3.93. The molecule has 4 heteroatoms. The lowest BCUT2D eigenvalue weighted by atomic mass is 9.94. The van der Waals surface area contributed by atoms with Crippen molar-refractivity contribution in [3.05, 3.63) is 29.8 Å². The lowest BCUT2D eigenvalue weighted by molar-refractivity contribution is -0.143. The summed E-state index contributed by atoms with van der Waals surface area (Å²) < 4.78 is 4.67. The van der Waals surface area contributed by atoms with Gasteiger partial charge in [0.1, 0.15) is 5.92 Å². The molecular formula is C12H12O3S. The molecule has 1 aliphatic heterocycles. The molecule has 0 aromatic heterocycles. The van der Waals surface area contributed by atoms with Crippen LogP contribution in [0.4, 0.5) is 0 Å². The molecule has 0 saturated heterocycles. The first kappa shape index (κ1) is 11.2. The van der Waals surface area contributed by atoms with Crippen LogP contribution in [0.3, 0.4) is 0 Å². The summed E-state index contributed by atoms with van der Waals surface area (Å²) in [6.07, 6.45) is 0. The molecule has 0 N–H and O–H groups in total. The number of fused-ring (bicyclic) bond motifs is 1. The van der Waals surface area contributed by atoms with E-state index in [1.165, 1.54) is 7.11 Å². The van der Waals surface area contributed by atoms with Gasteiger partial charge in [0.25, 0.3) is 0 Å². The van der Waals surface area contributed by atoms with Crippen molar-refractivity contribution in [3.8, 4) is 0 Å². The molecule has 3 nitrogen and oxygen atoms in total. The summed E-state index contributed by atoms with van der Waals surface area (Å²) >= 11 is 1.55. The Morgan fingerprint density at radius 2 is 2.06 bits per heavy atom. The Labute approximate surface area is 98.2 Å². The van der Waals surface area contributed by atoms with E-state index in [1.807, 2.05) is 25.1 Å². The highest BCUT2D eigenvalue weighted by atomic mass is 32.2. The van der Waals surface area contributed by atoms with E-state index in [0.29, 0.717) is 5.56 Å². The molecule has 0 spiro atoms. The number of ether oxygens (including phenoxy) is 1. The second-order valence-corrected chi connectivity index (χ2v) is 5.10. The van der Waals surface area contributed by atoms with E-state index >= 15 is 0 Å². The van der Waals surface area contributed by atoms with Crippen molar-refractivity contribution in [2.45, 2.75) is 17.1 Å². The van der Waals surface area contributed by atoms with Gasteiger partial charge in [-0.3, -0.25) is 9.59 Å². The maximum absolute atomic E-state index is 12.1. The fraction of sp³-hybridized carbons (Fsp3) is 0.333. The summed E-state index contributed by atoms with van der Waals surface area (Å²) in [5.74, 6) is -1.25. The van der Waals surface area contributed by atoms with Gasteiger partial charge in [0.05, 0.1) is 7.11 Å². The highest BCUT2D eigenvalue weighted by Gasteiger charge is 2.39. The molecule has 2 unspecified atom stereocenters. The third-order valence-electron chi connectivity index (χ3n) is 2.67. The zero-order valence-corrected chi connectivity index (χ0v) is 9.91. The van der Waals surface area contributed by atoms with Crippen LogP contribution in [0.25, 0.3) is 0 Å². The van der Waals surface area contributed by atoms with Gasteiger partial charge in [-0.1, -0.05) is 25.1 Å². The van der Waals surface area contributed by atoms with E-state index < -0.39 is 11.9 Å². The second-order valence-electron chi connectivity index (χ2n) is 3.68. The van der Waals surface area contributed by atoms with Crippen molar-refractivity contribution in [2.75, 3.05) is 7.11 Å². The predicted molar refractivity (Wildman–Crippen MR) is 61.6 cm³/mol. The number of hydrogen-bond donors (Lipinski definition) is 0. The average Bonchev–Trinajstić information content (AvgIpc) is 2.28. The van der Waals surface area contributed by atoms with Crippen LogP contribution in [0.15, 0.2) is 29.2 Å². The van der Waals surface area contributed by atoms with Gasteiger partial charge in [0.15, 0.2) is 5.78 Å². The molecule has 2 rings (SSSR count). The van der Waals surface area contributed by atoms with Crippen molar-refractivity contribution < 1.29 is 14.3 Å². The van der Waals surface area contributed by atoms with Gasteiger partial charge in [-0.2, -0.15) is 0 Å². The van der Waals surface area contributed by atoms with Crippen LogP contribution < -0.4 is 0 Å². The van der Waals surface area contributed by atoms with Crippen LogP contribution in [0.5, 0.6) is 0 Å². The Bertz CT molecular complexity index is 442. The number of ketones is 1. The minimum absolute atomic E-state index is 0.0742. The molecule has 0 radical (unpaired) electrons. The van der Waals surface area contributed by atoms with E-state index in [0.717, 1.165) is 4.90 Å². The first-order valence-corrected chi connectivity index (χ1v) is 5.91. The number of thioether (sulfide) groups is 1. The topological polar surface area (TPSA) is 43.4 Å². The minimum atomic E-state index is -0.676. The summed E-state index contributed by atoms with van der Waals surface area (Å²) in [5.41, 5.74) is 0.626. The standard InChI is InChI=1S/C12H12O3S/c1-7-10(12(14)15-2)11(13)8-5-3-4-6-9(8)16-7/h3-7,10H,1-2H3. The number of methoxy groups -OCH3 is 1. The van der Waals surface area contributed by atoms with E-state index in [4.69, 9.17) is 0 Å². The fourth-order valence-electron chi connectivity index (χ4n) is 1.85. The lowest BCUT2D eigenvalue weighted by Crippen LogP contribution is -2.35. The molecule has 1 aromatic rings. The van der Waals surface area contributed by atoms with Crippen molar-refractivity contribution in [3.63, 3.8) is 0 Å². The molecule has 0 fully saturated rings.